The van der Waals surface area contributed by atoms with Crippen LogP contribution < -0.4 is 5.46 Å². The van der Waals surface area contributed by atoms with Gasteiger partial charge in [-0.1, -0.05) is 38.1 Å². The van der Waals surface area contributed by atoms with Gasteiger partial charge in [0.05, 0.1) is 11.2 Å². The molecule has 0 unspecified atom stereocenters. The van der Waals surface area contributed by atoms with Crippen LogP contribution in [0.15, 0.2) is 24.3 Å². The van der Waals surface area contributed by atoms with Crippen molar-refractivity contribution in [3.8, 4) is 0 Å². The van der Waals surface area contributed by atoms with Gasteiger partial charge in [0.25, 0.3) is 0 Å². The Kier molecular flexibility index (Phi) is 3.71. The number of likely N-dealkylation sites (tertiary alicyclic amines) is 1. The summed E-state index contributed by atoms with van der Waals surface area (Å²) >= 11 is 0. The fourth-order valence-corrected chi connectivity index (χ4v) is 3.35. The fraction of sp³-hybridized carbons (Fsp3) is 0.667. The summed E-state index contributed by atoms with van der Waals surface area (Å²) in [5, 5.41) is 0. The van der Waals surface area contributed by atoms with Crippen molar-refractivity contribution in [3.63, 3.8) is 0 Å². The van der Waals surface area contributed by atoms with Crippen molar-refractivity contribution in [1.82, 2.24) is 4.90 Å². The molecule has 0 radical (unpaired) electrons. The maximum atomic E-state index is 6.15. The van der Waals surface area contributed by atoms with Crippen LogP contribution in [0.5, 0.6) is 0 Å². The summed E-state index contributed by atoms with van der Waals surface area (Å²) in [5.41, 5.74) is 2.37. The lowest BCUT2D eigenvalue weighted by molar-refractivity contribution is 0.00578. The van der Waals surface area contributed by atoms with Crippen molar-refractivity contribution in [2.75, 3.05) is 13.1 Å². The van der Waals surface area contributed by atoms with E-state index in [1.807, 2.05) is 0 Å². The van der Waals surface area contributed by atoms with E-state index in [2.05, 4.69) is 70.7 Å². The van der Waals surface area contributed by atoms with Gasteiger partial charge < -0.3 is 9.31 Å². The molecule has 0 atom stereocenters. The third kappa shape index (κ3) is 2.97. The maximum absolute atomic E-state index is 6.15. The summed E-state index contributed by atoms with van der Waals surface area (Å²) in [5.74, 6) is 0. The Bertz CT molecular complexity index is 544. The number of hydrogen-bond acceptors (Lipinski definition) is 3. The smallest absolute Gasteiger partial charge is 0.399 e. The summed E-state index contributed by atoms with van der Waals surface area (Å²) < 4.78 is 12.3. The third-order valence-corrected chi connectivity index (χ3v) is 5.19. The highest BCUT2D eigenvalue weighted by Crippen LogP contribution is 2.36. The lowest BCUT2D eigenvalue weighted by Crippen LogP contribution is -2.52. The van der Waals surface area contributed by atoms with E-state index in [0.717, 1.165) is 12.0 Å². The lowest BCUT2D eigenvalue weighted by Gasteiger charge is -2.46. The van der Waals surface area contributed by atoms with E-state index < -0.39 is 0 Å². The van der Waals surface area contributed by atoms with Crippen LogP contribution in [-0.2, 0) is 15.9 Å². The minimum atomic E-state index is -0.283. The molecule has 0 saturated carbocycles. The van der Waals surface area contributed by atoms with Gasteiger partial charge in [0.15, 0.2) is 0 Å². The molecule has 3 rings (SSSR count). The van der Waals surface area contributed by atoms with E-state index in [1.165, 1.54) is 18.7 Å². The summed E-state index contributed by atoms with van der Waals surface area (Å²) in [7, 11) is -0.266. The molecule has 0 N–H and O–H groups in total. The van der Waals surface area contributed by atoms with E-state index in [9.17, 15) is 0 Å². The van der Waals surface area contributed by atoms with Crippen LogP contribution in [0.2, 0.25) is 0 Å². The summed E-state index contributed by atoms with van der Waals surface area (Å²) in [6.07, 6.45) is 0. The first-order valence-electron chi connectivity index (χ1n) is 8.25. The molecule has 4 heteroatoms. The quantitative estimate of drug-likeness (QED) is 0.801. The van der Waals surface area contributed by atoms with E-state index >= 15 is 0 Å². The molecule has 2 fully saturated rings. The zero-order valence-corrected chi connectivity index (χ0v) is 14.8. The van der Waals surface area contributed by atoms with Crippen LogP contribution in [0.1, 0.15) is 47.1 Å². The van der Waals surface area contributed by atoms with Gasteiger partial charge in [0.2, 0.25) is 0 Å². The normalized spacial score (nSPS) is 26.0. The predicted molar refractivity (Wildman–Crippen MR) is 91.2 cm³/mol. The fourth-order valence-electron chi connectivity index (χ4n) is 3.35. The molecular formula is C18H28BNO2. The number of nitrogens with zero attached hydrogens (tertiary/aromatic N) is 1. The van der Waals surface area contributed by atoms with Crippen molar-refractivity contribution in [1.29, 1.82) is 0 Å². The maximum Gasteiger partial charge on any atom is 0.494 e. The number of benzene rings is 1. The van der Waals surface area contributed by atoms with Gasteiger partial charge >= 0.3 is 7.12 Å². The molecule has 2 heterocycles. The number of hydrogen-bond donors (Lipinski definition) is 0. The molecule has 0 bridgehead atoms. The Labute approximate surface area is 135 Å². The van der Waals surface area contributed by atoms with Gasteiger partial charge in [-0.05, 0) is 44.1 Å². The second-order valence-electron chi connectivity index (χ2n) is 8.64. The van der Waals surface area contributed by atoms with Crippen LogP contribution in [0.3, 0.4) is 0 Å². The number of rotatable bonds is 3. The highest BCUT2D eigenvalue weighted by molar-refractivity contribution is 6.62. The second kappa shape index (κ2) is 5.08. The van der Waals surface area contributed by atoms with Crippen molar-refractivity contribution in [3.05, 3.63) is 29.8 Å². The Hall–Kier alpha value is -0.835. The van der Waals surface area contributed by atoms with E-state index in [1.54, 1.807) is 0 Å². The first-order chi connectivity index (χ1) is 10.1. The Morgan fingerprint density at radius 3 is 2.14 bits per heavy atom. The van der Waals surface area contributed by atoms with Crippen molar-refractivity contribution >= 4 is 12.6 Å². The first-order valence-corrected chi connectivity index (χ1v) is 8.25. The Morgan fingerprint density at radius 2 is 1.59 bits per heavy atom. The molecule has 2 aliphatic heterocycles. The molecule has 0 amide bonds. The van der Waals surface area contributed by atoms with Crippen molar-refractivity contribution in [2.24, 2.45) is 5.41 Å². The molecule has 2 aliphatic rings. The predicted octanol–water partition coefficient (Wildman–Crippen LogP) is 2.83. The largest absolute Gasteiger partial charge is 0.494 e. The van der Waals surface area contributed by atoms with Gasteiger partial charge in [-0.3, -0.25) is 4.90 Å². The molecule has 0 aliphatic carbocycles. The minimum absolute atomic E-state index is 0.266. The van der Waals surface area contributed by atoms with Crippen LogP contribution in [0.4, 0.5) is 0 Å². The van der Waals surface area contributed by atoms with E-state index in [4.69, 9.17) is 9.31 Å². The average Bonchev–Trinajstić information content (AvgIpc) is 2.57. The van der Waals surface area contributed by atoms with Crippen LogP contribution >= 0.6 is 0 Å². The van der Waals surface area contributed by atoms with Crippen molar-refractivity contribution < 1.29 is 9.31 Å². The molecule has 0 spiro atoms. The minimum Gasteiger partial charge on any atom is -0.399 e. The standard InChI is InChI=1S/C18H28BNO2/c1-16(2)12-20(13-16)11-14-8-7-9-15(10-14)19-21-17(3,4)18(5,6)22-19/h7-10H,11-13H2,1-6H3. The Balaban J connectivity index is 1.70. The highest BCUT2D eigenvalue weighted by Gasteiger charge is 2.51. The van der Waals surface area contributed by atoms with E-state index in [0.29, 0.717) is 5.41 Å². The molecule has 3 nitrogen and oxygen atoms in total. The molecular weight excluding hydrogens is 273 g/mol. The van der Waals surface area contributed by atoms with Crippen LogP contribution in [0.25, 0.3) is 0 Å². The first kappa shape index (κ1) is 16.0. The molecule has 120 valence electrons. The molecule has 1 aromatic rings. The SMILES string of the molecule is CC1(C)CN(Cc2cccc(B3OC(C)(C)C(C)(C)O3)c2)C1. The molecule has 2 saturated heterocycles. The third-order valence-electron chi connectivity index (χ3n) is 5.19. The van der Waals surface area contributed by atoms with Gasteiger partial charge in [-0.25, -0.2) is 0 Å². The summed E-state index contributed by atoms with van der Waals surface area (Å²) in [6, 6.07) is 8.64. The van der Waals surface area contributed by atoms with Crippen molar-refractivity contribution in [2.45, 2.75) is 59.3 Å². The highest BCUT2D eigenvalue weighted by atomic mass is 16.7. The van der Waals surface area contributed by atoms with Gasteiger partial charge in [0, 0.05) is 19.6 Å². The Morgan fingerprint density at radius 1 is 1.00 bits per heavy atom. The zero-order valence-electron chi connectivity index (χ0n) is 14.8. The molecule has 1 aromatic carbocycles. The summed E-state index contributed by atoms with van der Waals surface area (Å²) in [6.45, 7) is 16.4. The topological polar surface area (TPSA) is 21.7 Å². The van der Waals surface area contributed by atoms with Gasteiger partial charge in [0.1, 0.15) is 0 Å². The average molecular weight is 301 g/mol. The molecule has 0 aromatic heterocycles. The van der Waals surface area contributed by atoms with E-state index in [-0.39, 0.29) is 18.3 Å². The second-order valence-corrected chi connectivity index (χ2v) is 8.64. The van der Waals surface area contributed by atoms with Crippen LogP contribution in [-0.4, -0.2) is 36.3 Å². The summed E-state index contributed by atoms with van der Waals surface area (Å²) in [4.78, 5) is 2.49. The lowest BCUT2D eigenvalue weighted by atomic mass is 9.78. The molecule has 22 heavy (non-hydrogen) atoms. The van der Waals surface area contributed by atoms with Gasteiger partial charge in [-0.15, -0.1) is 0 Å². The monoisotopic (exact) mass is 301 g/mol. The zero-order chi connectivity index (χ0) is 16.2. The van der Waals surface area contributed by atoms with Crippen LogP contribution in [0, 0.1) is 5.41 Å². The van der Waals surface area contributed by atoms with Gasteiger partial charge in [-0.2, -0.15) is 0 Å².